The van der Waals surface area contributed by atoms with Gasteiger partial charge in [0.2, 0.25) is 0 Å². The van der Waals surface area contributed by atoms with E-state index in [4.69, 9.17) is 4.74 Å². The van der Waals surface area contributed by atoms with E-state index in [1.54, 1.807) is 6.92 Å². The monoisotopic (exact) mass is 237 g/mol. The Bertz CT molecular complexity index is 354. The highest BCUT2D eigenvalue weighted by Crippen LogP contribution is 2.28. The highest BCUT2D eigenvalue weighted by atomic mass is 16.5. The molecule has 3 N–H and O–H groups in total. The molecule has 0 unspecified atom stereocenters. The Morgan fingerprint density at radius 1 is 1.06 bits per heavy atom. The molecule has 93 valence electrons. The molecule has 1 fully saturated rings. The first-order chi connectivity index (χ1) is 8.09. The topological polar surface area (TPSA) is 69.9 Å². The first-order valence-electron chi connectivity index (χ1n) is 5.70. The molecule has 0 amide bonds. The smallest absolute Gasteiger partial charge is 0.133 e. The number of benzene rings is 1. The summed E-state index contributed by atoms with van der Waals surface area (Å²) in [5, 5.41) is 29.0. The van der Waals surface area contributed by atoms with E-state index < -0.39 is 24.4 Å². The average molecular weight is 237 g/mol. The number of ether oxygens (including phenoxy) is 1. The molecule has 2 rings (SSSR count). The van der Waals surface area contributed by atoms with Crippen molar-refractivity contribution in [3.05, 3.63) is 42.0 Å². The molecule has 0 aromatic heterocycles. The molecule has 1 aromatic rings. The predicted molar refractivity (Wildman–Crippen MR) is 62.0 cm³/mol. The van der Waals surface area contributed by atoms with E-state index >= 15 is 0 Å². The van der Waals surface area contributed by atoms with E-state index in [1.807, 2.05) is 30.3 Å². The van der Waals surface area contributed by atoms with Crippen LogP contribution in [0.25, 0.3) is 0 Å². The van der Waals surface area contributed by atoms with Gasteiger partial charge in [-0.1, -0.05) is 30.3 Å². The van der Waals surface area contributed by atoms with Crippen LogP contribution in [0.2, 0.25) is 0 Å². The van der Waals surface area contributed by atoms with Crippen LogP contribution in [0.1, 0.15) is 12.5 Å². The molecule has 4 nitrogen and oxygen atoms in total. The zero-order chi connectivity index (χ0) is 12.4. The van der Waals surface area contributed by atoms with Gasteiger partial charge < -0.3 is 20.1 Å². The molecule has 1 heterocycles. The summed E-state index contributed by atoms with van der Waals surface area (Å²) < 4.78 is 5.44. The molecule has 0 saturated carbocycles. The summed E-state index contributed by atoms with van der Waals surface area (Å²) in [4.78, 5) is 0. The Labute approximate surface area is 100 Å². The lowest BCUT2D eigenvalue weighted by Gasteiger charge is -2.38. The fraction of sp³-hybridized carbons (Fsp3) is 0.462. The van der Waals surface area contributed by atoms with Gasteiger partial charge in [0.15, 0.2) is 0 Å². The van der Waals surface area contributed by atoms with E-state index in [-0.39, 0.29) is 0 Å². The minimum atomic E-state index is -1.18. The number of aliphatic hydroxyl groups is 3. The van der Waals surface area contributed by atoms with Crippen molar-refractivity contribution in [2.24, 2.45) is 0 Å². The number of rotatable bonds is 2. The Morgan fingerprint density at radius 3 is 2.35 bits per heavy atom. The molecule has 17 heavy (non-hydrogen) atoms. The van der Waals surface area contributed by atoms with E-state index in [1.165, 1.54) is 0 Å². The summed E-state index contributed by atoms with van der Waals surface area (Å²) in [6.45, 7) is 1.67. The third kappa shape index (κ3) is 2.66. The van der Waals surface area contributed by atoms with Crippen LogP contribution in [-0.4, -0.2) is 39.7 Å². The van der Waals surface area contributed by atoms with Crippen LogP contribution in [-0.2, 0) is 11.2 Å². The maximum absolute atomic E-state index is 9.81. The van der Waals surface area contributed by atoms with Crippen LogP contribution in [0.15, 0.2) is 30.3 Å². The second-order valence-electron chi connectivity index (χ2n) is 4.38. The van der Waals surface area contributed by atoms with Gasteiger partial charge in [-0.2, -0.15) is 0 Å². The van der Waals surface area contributed by atoms with Crippen molar-refractivity contribution in [2.45, 2.75) is 37.8 Å². The van der Waals surface area contributed by atoms with Gasteiger partial charge in [-0.3, -0.25) is 0 Å². The van der Waals surface area contributed by atoms with Crippen molar-refractivity contribution in [3.8, 4) is 0 Å². The summed E-state index contributed by atoms with van der Waals surface area (Å²) in [5.41, 5.74) is 0.998. The molecule has 0 spiro atoms. The molecule has 0 aliphatic carbocycles. The standard InChI is InChI=1S/C13H17O4/c1-8-11(14)13(16)12(15)10(17-8)7-9-5-3-2-4-6-9/h2-6,8,11-16H,7H2,1H3/t8-,11+,12+,13+/m0/s1. The van der Waals surface area contributed by atoms with E-state index in [2.05, 4.69) is 0 Å². The van der Waals surface area contributed by atoms with Gasteiger partial charge in [0, 0.05) is 6.42 Å². The first-order valence-corrected chi connectivity index (χ1v) is 5.70. The van der Waals surface area contributed by atoms with Gasteiger partial charge in [-0.05, 0) is 12.5 Å². The lowest BCUT2D eigenvalue weighted by molar-refractivity contribution is -0.177. The van der Waals surface area contributed by atoms with Crippen LogP contribution in [0.4, 0.5) is 0 Å². The van der Waals surface area contributed by atoms with Crippen LogP contribution >= 0.6 is 0 Å². The number of hydrogen-bond donors (Lipinski definition) is 3. The molecule has 1 aromatic carbocycles. The second kappa shape index (κ2) is 5.14. The van der Waals surface area contributed by atoms with Crippen molar-refractivity contribution < 1.29 is 20.1 Å². The van der Waals surface area contributed by atoms with Crippen molar-refractivity contribution >= 4 is 0 Å². The molecule has 0 bridgehead atoms. The van der Waals surface area contributed by atoms with Gasteiger partial charge in [0.25, 0.3) is 0 Å². The molecule has 1 saturated heterocycles. The molecule has 1 aliphatic rings. The minimum absolute atomic E-state index is 0.404. The van der Waals surface area contributed by atoms with E-state index in [9.17, 15) is 15.3 Å². The summed E-state index contributed by atoms with van der Waals surface area (Å²) in [6, 6.07) is 9.56. The van der Waals surface area contributed by atoms with Crippen molar-refractivity contribution in [1.29, 1.82) is 0 Å². The Morgan fingerprint density at radius 2 is 1.71 bits per heavy atom. The van der Waals surface area contributed by atoms with Crippen molar-refractivity contribution in [2.75, 3.05) is 0 Å². The fourth-order valence-electron chi connectivity index (χ4n) is 1.98. The molecule has 4 heteroatoms. The Balaban J connectivity index is 2.06. The van der Waals surface area contributed by atoms with Crippen LogP contribution in [0, 0.1) is 6.10 Å². The van der Waals surface area contributed by atoms with Gasteiger partial charge in [-0.15, -0.1) is 0 Å². The third-order valence-electron chi connectivity index (χ3n) is 3.04. The highest BCUT2D eigenvalue weighted by Gasteiger charge is 2.42. The summed E-state index contributed by atoms with van der Waals surface area (Å²) in [7, 11) is 0. The van der Waals surface area contributed by atoms with Gasteiger partial charge in [0.1, 0.15) is 24.4 Å². The first kappa shape index (κ1) is 12.5. The quantitative estimate of drug-likeness (QED) is 0.690. The number of hydrogen-bond acceptors (Lipinski definition) is 4. The third-order valence-corrected chi connectivity index (χ3v) is 3.04. The lowest BCUT2D eigenvalue weighted by Crippen LogP contribution is -2.53. The second-order valence-corrected chi connectivity index (χ2v) is 4.38. The van der Waals surface area contributed by atoms with Crippen molar-refractivity contribution in [1.82, 2.24) is 0 Å². The highest BCUT2D eigenvalue weighted by molar-refractivity contribution is 5.19. The van der Waals surface area contributed by atoms with Gasteiger partial charge in [0.05, 0.1) is 6.10 Å². The maximum atomic E-state index is 9.81. The Kier molecular flexibility index (Phi) is 3.79. The largest absolute Gasteiger partial charge is 0.388 e. The van der Waals surface area contributed by atoms with E-state index in [0.29, 0.717) is 12.5 Å². The summed E-state index contributed by atoms with van der Waals surface area (Å²) in [6.07, 6.45) is -3.03. The lowest BCUT2D eigenvalue weighted by atomic mass is 9.92. The molecule has 1 aliphatic heterocycles. The zero-order valence-electron chi connectivity index (χ0n) is 9.65. The Hall–Kier alpha value is -0.940. The molecule has 4 atom stereocenters. The molecule has 1 radical (unpaired) electrons. The van der Waals surface area contributed by atoms with Crippen LogP contribution < -0.4 is 0 Å². The SMILES string of the molecule is C[C@@H]1O[C](Cc2ccccc2)[C@@H](O)[C@H](O)[C@@H]1O. The maximum Gasteiger partial charge on any atom is 0.133 e. The summed E-state index contributed by atoms with van der Waals surface area (Å²) in [5.74, 6) is 0. The fourth-order valence-corrected chi connectivity index (χ4v) is 1.98. The predicted octanol–water partition coefficient (Wildman–Crippen LogP) is 0.262. The zero-order valence-corrected chi connectivity index (χ0v) is 9.65. The average Bonchev–Trinajstić information content (AvgIpc) is 2.35. The van der Waals surface area contributed by atoms with Crippen LogP contribution in [0.3, 0.4) is 0 Å². The molecular weight excluding hydrogens is 220 g/mol. The van der Waals surface area contributed by atoms with Gasteiger partial charge in [-0.25, -0.2) is 0 Å². The molecular formula is C13H17O4. The normalized spacial score (nSPS) is 34.8. The van der Waals surface area contributed by atoms with E-state index in [0.717, 1.165) is 5.56 Å². The number of aliphatic hydroxyl groups excluding tert-OH is 3. The summed E-state index contributed by atoms with van der Waals surface area (Å²) >= 11 is 0. The van der Waals surface area contributed by atoms with Gasteiger partial charge >= 0.3 is 0 Å². The minimum Gasteiger partial charge on any atom is -0.388 e. The van der Waals surface area contributed by atoms with Crippen molar-refractivity contribution in [3.63, 3.8) is 0 Å². The van der Waals surface area contributed by atoms with Crippen LogP contribution in [0.5, 0.6) is 0 Å².